The molecule has 1 saturated heterocycles. The highest BCUT2D eigenvalue weighted by molar-refractivity contribution is 7.89. The molecular formula is C21H22FNO5S. The van der Waals surface area contributed by atoms with Crippen molar-refractivity contribution in [3.63, 3.8) is 0 Å². The van der Waals surface area contributed by atoms with Gasteiger partial charge in [-0.1, -0.05) is 30.3 Å². The van der Waals surface area contributed by atoms with E-state index in [0.717, 1.165) is 12.1 Å². The van der Waals surface area contributed by atoms with Crippen LogP contribution in [0.4, 0.5) is 4.39 Å². The molecule has 0 bridgehead atoms. The number of hydrogen-bond acceptors (Lipinski definition) is 5. The second-order valence-electron chi connectivity index (χ2n) is 6.94. The van der Waals surface area contributed by atoms with Crippen LogP contribution in [0.3, 0.4) is 0 Å². The summed E-state index contributed by atoms with van der Waals surface area (Å²) < 4.78 is 44.9. The van der Waals surface area contributed by atoms with Crippen LogP contribution in [-0.2, 0) is 19.6 Å². The Morgan fingerprint density at radius 1 is 1.03 bits per heavy atom. The predicted octanol–water partition coefficient (Wildman–Crippen LogP) is 3.04. The number of ether oxygens (including phenoxy) is 1. The lowest BCUT2D eigenvalue weighted by Crippen LogP contribution is -2.41. The number of Topliss-reactive ketones (excluding diaryl/α,β-unsaturated/α-hetero) is 1. The Balaban J connectivity index is 1.56. The fraction of sp³-hybridized carbons (Fsp3) is 0.333. The topological polar surface area (TPSA) is 80.8 Å². The lowest BCUT2D eigenvalue weighted by molar-refractivity contribution is -0.152. The number of ketones is 1. The summed E-state index contributed by atoms with van der Waals surface area (Å²) >= 11 is 0. The van der Waals surface area contributed by atoms with Crippen molar-refractivity contribution in [2.45, 2.75) is 30.8 Å². The molecule has 154 valence electrons. The molecule has 1 fully saturated rings. The zero-order chi connectivity index (χ0) is 21.0. The number of piperidine rings is 1. The van der Waals surface area contributed by atoms with Gasteiger partial charge in [0.2, 0.25) is 15.8 Å². The summed E-state index contributed by atoms with van der Waals surface area (Å²) in [6.45, 7) is 1.84. The molecule has 0 spiro atoms. The minimum absolute atomic E-state index is 0.0157. The van der Waals surface area contributed by atoms with Gasteiger partial charge in [-0.3, -0.25) is 9.59 Å². The number of halogens is 1. The molecule has 1 aliphatic heterocycles. The number of rotatable bonds is 6. The van der Waals surface area contributed by atoms with Crippen LogP contribution >= 0.6 is 0 Å². The van der Waals surface area contributed by atoms with E-state index in [-0.39, 0.29) is 23.8 Å². The van der Waals surface area contributed by atoms with Crippen LogP contribution in [0.5, 0.6) is 0 Å². The molecule has 1 heterocycles. The molecule has 0 aromatic heterocycles. The van der Waals surface area contributed by atoms with Crippen molar-refractivity contribution in [2.75, 3.05) is 13.1 Å². The van der Waals surface area contributed by atoms with Gasteiger partial charge < -0.3 is 4.74 Å². The van der Waals surface area contributed by atoms with Crippen molar-refractivity contribution in [3.8, 4) is 0 Å². The van der Waals surface area contributed by atoms with E-state index in [1.807, 2.05) is 0 Å². The number of carbonyl (C=O) groups is 2. The first-order valence-electron chi connectivity index (χ1n) is 9.34. The zero-order valence-electron chi connectivity index (χ0n) is 16.0. The summed E-state index contributed by atoms with van der Waals surface area (Å²) in [5.41, 5.74) is 0.466. The average Bonchev–Trinajstić information content (AvgIpc) is 2.74. The molecule has 2 aromatic carbocycles. The number of carbonyl (C=O) groups excluding carboxylic acids is 2. The normalized spacial score (nSPS) is 16.9. The van der Waals surface area contributed by atoms with Crippen LogP contribution in [-0.4, -0.2) is 43.7 Å². The highest BCUT2D eigenvalue weighted by Gasteiger charge is 2.34. The van der Waals surface area contributed by atoms with Crippen LogP contribution in [0.2, 0.25) is 0 Å². The van der Waals surface area contributed by atoms with Gasteiger partial charge in [-0.2, -0.15) is 4.31 Å². The van der Waals surface area contributed by atoms with Gasteiger partial charge >= 0.3 is 5.97 Å². The van der Waals surface area contributed by atoms with Gasteiger partial charge in [0.1, 0.15) is 5.82 Å². The Kier molecular flexibility index (Phi) is 6.44. The summed E-state index contributed by atoms with van der Waals surface area (Å²) in [6.07, 6.45) is -0.317. The molecule has 3 rings (SSSR count). The van der Waals surface area contributed by atoms with Crippen molar-refractivity contribution in [2.24, 2.45) is 5.92 Å². The Morgan fingerprint density at radius 2 is 1.62 bits per heavy atom. The van der Waals surface area contributed by atoms with Crippen molar-refractivity contribution in [1.29, 1.82) is 0 Å². The molecule has 2 aromatic rings. The van der Waals surface area contributed by atoms with Crippen LogP contribution in [0.15, 0.2) is 59.5 Å². The summed E-state index contributed by atoms with van der Waals surface area (Å²) in [5, 5.41) is 0. The second kappa shape index (κ2) is 8.84. The number of sulfonamides is 1. The zero-order valence-corrected chi connectivity index (χ0v) is 16.8. The number of nitrogens with zero attached hydrogens (tertiary/aromatic N) is 1. The lowest BCUT2D eigenvalue weighted by Gasteiger charge is -2.30. The van der Waals surface area contributed by atoms with Gasteiger partial charge in [0.15, 0.2) is 6.10 Å². The second-order valence-corrected chi connectivity index (χ2v) is 8.88. The Morgan fingerprint density at radius 3 is 2.21 bits per heavy atom. The van der Waals surface area contributed by atoms with Gasteiger partial charge in [-0.05, 0) is 44.0 Å². The molecule has 0 amide bonds. The largest absolute Gasteiger partial charge is 0.454 e. The maximum absolute atomic E-state index is 13.0. The first kappa shape index (κ1) is 21.1. The third-order valence-corrected chi connectivity index (χ3v) is 6.87. The van der Waals surface area contributed by atoms with Gasteiger partial charge in [0.25, 0.3) is 0 Å². The third-order valence-electron chi connectivity index (χ3n) is 4.96. The monoisotopic (exact) mass is 419 g/mol. The van der Waals surface area contributed by atoms with Crippen LogP contribution < -0.4 is 0 Å². The maximum Gasteiger partial charge on any atom is 0.309 e. The van der Waals surface area contributed by atoms with E-state index in [1.54, 1.807) is 30.3 Å². The van der Waals surface area contributed by atoms with Crippen molar-refractivity contribution < 1.29 is 27.1 Å². The van der Waals surface area contributed by atoms with E-state index < -0.39 is 33.8 Å². The molecular weight excluding hydrogens is 397 g/mol. The molecule has 0 radical (unpaired) electrons. The molecule has 29 heavy (non-hydrogen) atoms. The fourth-order valence-electron chi connectivity index (χ4n) is 3.25. The van der Waals surface area contributed by atoms with Gasteiger partial charge in [-0.25, -0.2) is 12.8 Å². The number of benzene rings is 2. The van der Waals surface area contributed by atoms with Crippen LogP contribution in [0.25, 0.3) is 0 Å². The summed E-state index contributed by atoms with van der Waals surface area (Å²) in [6, 6.07) is 13.2. The minimum atomic E-state index is -3.74. The average molecular weight is 419 g/mol. The van der Waals surface area contributed by atoms with E-state index >= 15 is 0 Å². The van der Waals surface area contributed by atoms with E-state index in [2.05, 4.69) is 0 Å². The van der Waals surface area contributed by atoms with E-state index in [1.165, 1.54) is 23.4 Å². The standard InChI is InChI=1S/C21H22FNO5S/c1-15(20(24)16-5-3-2-4-6-16)28-21(25)17-11-13-23(14-12-17)29(26,27)19-9-7-18(22)8-10-19/h2-10,15,17H,11-14H2,1H3/t15-/m1/s1. The highest BCUT2D eigenvalue weighted by Crippen LogP contribution is 2.25. The van der Waals surface area contributed by atoms with E-state index in [4.69, 9.17) is 4.74 Å². The maximum atomic E-state index is 13.0. The van der Waals surface area contributed by atoms with Gasteiger partial charge in [-0.15, -0.1) is 0 Å². The molecule has 1 atom stereocenters. The van der Waals surface area contributed by atoms with Gasteiger partial charge in [0.05, 0.1) is 10.8 Å². The molecule has 8 heteroatoms. The van der Waals surface area contributed by atoms with Gasteiger partial charge in [0, 0.05) is 18.7 Å². The predicted molar refractivity (Wildman–Crippen MR) is 104 cm³/mol. The fourth-order valence-corrected chi connectivity index (χ4v) is 4.72. The van der Waals surface area contributed by atoms with E-state index in [0.29, 0.717) is 18.4 Å². The first-order chi connectivity index (χ1) is 13.8. The summed E-state index contributed by atoms with van der Waals surface area (Å²) in [7, 11) is -3.74. The Labute approximate surface area is 169 Å². The number of hydrogen-bond donors (Lipinski definition) is 0. The van der Waals surface area contributed by atoms with Crippen molar-refractivity contribution in [1.82, 2.24) is 4.31 Å². The first-order valence-corrected chi connectivity index (χ1v) is 10.8. The quantitative estimate of drug-likeness (QED) is 0.531. The SMILES string of the molecule is C[C@@H](OC(=O)C1CCN(S(=O)(=O)c2ccc(F)cc2)CC1)C(=O)c1ccccc1. The van der Waals surface area contributed by atoms with Crippen LogP contribution in [0.1, 0.15) is 30.1 Å². The molecule has 0 unspecified atom stereocenters. The molecule has 6 nitrogen and oxygen atoms in total. The third kappa shape index (κ3) is 4.89. The summed E-state index contributed by atoms with van der Waals surface area (Å²) in [5.74, 6) is -1.76. The molecule has 0 aliphatic carbocycles. The minimum Gasteiger partial charge on any atom is -0.454 e. The molecule has 0 saturated carbocycles. The van der Waals surface area contributed by atoms with Crippen molar-refractivity contribution in [3.05, 3.63) is 66.0 Å². The number of esters is 1. The summed E-state index contributed by atoms with van der Waals surface area (Å²) in [4.78, 5) is 24.8. The molecule has 0 N–H and O–H groups in total. The van der Waals surface area contributed by atoms with Crippen LogP contribution in [0, 0.1) is 11.7 Å². The smallest absolute Gasteiger partial charge is 0.309 e. The Hall–Kier alpha value is -2.58. The van der Waals surface area contributed by atoms with Crippen molar-refractivity contribution >= 4 is 21.8 Å². The lowest BCUT2D eigenvalue weighted by atomic mass is 9.98. The Bertz CT molecular complexity index is 968. The highest BCUT2D eigenvalue weighted by atomic mass is 32.2. The molecule has 1 aliphatic rings. The van der Waals surface area contributed by atoms with E-state index in [9.17, 15) is 22.4 Å².